The van der Waals surface area contributed by atoms with Crippen molar-refractivity contribution in [3.05, 3.63) is 53.4 Å². The van der Waals surface area contributed by atoms with Gasteiger partial charge in [-0.2, -0.15) is 0 Å². The third-order valence-corrected chi connectivity index (χ3v) is 5.83. The van der Waals surface area contributed by atoms with Gasteiger partial charge in [0.1, 0.15) is 11.5 Å². The average molecular weight is 452 g/mol. The van der Waals surface area contributed by atoms with E-state index < -0.39 is 0 Å². The molecule has 0 saturated carbocycles. The molecular weight excluding hydrogens is 426 g/mol. The number of carbonyl (C=O) groups is 2. The van der Waals surface area contributed by atoms with Gasteiger partial charge in [0.15, 0.2) is 18.3 Å². The fraction of sp³-hybridized carbons (Fsp3) is 0.292. The largest absolute Gasteiger partial charge is 0.484 e. The highest BCUT2D eigenvalue weighted by Gasteiger charge is 2.25. The van der Waals surface area contributed by atoms with E-state index in [0.29, 0.717) is 23.2 Å². The number of carbonyl (C=O) groups excluding carboxylic acids is 2. The average Bonchev–Trinajstić information content (AvgIpc) is 3.28. The molecule has 7 nitrogen and oxygen atoms in total. The van der Waals surface area contributed by atoms with Gasteiger partial charge in [-0.05, 0) is 48.7 Å². The number of fused-ring (bicyclic) bond motifs is 1. The Morgan fingerprint density at radius 3 is 2.94 bits per heavy atom. The highest BCUT2D eigenvalue weighted by Crippen LogP contribution is 2.36. The van der Waals surface area contributed by atoms with E-state index in [4.69, 9.17) is 9.47 Å². The van der Waals surface area contributed by atoms with Crippen LogP contribution in [0.25, 0.3) is 11.3 Å². The topological polar surface area (TPSA) is 80.8 Å². The Morgan fingerprint density at radius 1 is 1.25 bits per heavy atom. The standard InChI is InChI=1S/C24H25N3O4S/c1-3-10-27-20-12-17(8-9-21(20)31-14-23(27)29)19-15-32-24(25-19)26-22(28)13-30-18-7-5-6-16(4-2)11-18/h5-9,11-12,15H,3-4,10,13-14H2,1-2H3,(H,25,26,28). The number of ether oxygens (including phenoxy) is 2. The molecule has 4 rings (SSSR count). The summed E-state index contributed by atoms with van der Waals surface area (Å²) in [6, 6.07) is 13.4. The molecule has 2 heterocycles. The van der Waals surface area contributed by atoms with Crippen molar-refractivity contribution in [2.75, 3.05) is 30.0 Å². The summed E-state index contributed by atoms with van der Waals surface area (Å²) >= 11 is 1.34. The maximum absolute atomic E-state index is 12.3. The summed E-state index contributed by atoms with van der Waals surface area (Å²) in [5.41, 5.74) is 3.48. The van der Waals surface area contributed by atoms with Crippen LogP contribution in [-0.2, 0) is 16.0 Å². The number of rotatable bonds is 8. The van der Waals surface area contributed by atoms with Gasteiger partial charge in [0.05, 0.1) is 11.4 Å². The second-order valence-corrected chi connectivity index (χ2v) is 8.25. The van der Waals surface area contributed by atoms with Crippen LogP contribution in [0.5, 0.6) is 11.5 Å². The Balaban J connectivity index is 1.42. The van der Waals surface area contributed by atoms with Crippen molar-refractivity contribution in [1.29, 1.82) is 0 Å². The van der Waals surface area contributed by atoms with Crippen molar-refractivity contribution in [3.63, 3.8) is 0 Å². The first-order chi connectivity index (χ1) is 15.6. The predicted octanol–water partition coefficient (Wildman–Crippen LogP) is 4.53. The molecule has 2 aromatic carbocycles. The van der Waals surface area contributed by atoms with E-state index >= 15 is 0 Å². The van der Waals surface area contributed by atoms with E-state index in [1.54, 1.807) is 4.90 Å². The van der Waals surface area contributed by atoms with E-state index in [9.17, 15) is 9.59 Å². The minimum absolute atomic E-state index is 0.0489. The van der Waals surface area contributed by atoms with Crippen LogP contribution in [0, 0.1) is 0 Å². The molecular formula is C24H25N3O4S. The van der Waals surface area contributed by atoms with Gasteiger partial charge in [0, 0.05) is 17.5 Å². The van der Waals surface area contributed by atoms with Crippen LogP contribution in [0.2, 0.25) is 0 Å². The van der Waals surface area contributed by atoms with Gasteiger partial charge < -0.3 is 14.4 Å². The van der Waals surface area contributed by atoms with Crippen LogP contribution in [0.15, 0.2) is 47.8 Å². The molecule has 1 aromatic heterocycles. The third-order valence-electron chi connectivity index (χ3n) is 5.07. The van der Waals surface area contributed by atoms with Crippen molar-refractivity contribution < 1.29 is 19.1 Å². The monoisotopic (exact) mass is 451 g/mol. The summed E-state index contributed by atoms with van der Waals surface area (Å²) in [6.45, 7) is 4.71. The van der Waals surface area contributed by atoms with E-state index in [1.165, 1.54) is 11.3 Å². The summed E-state index contributed by atoms with van der Waals surface area (Å²) in [6.07, 6.45) is 1.76. The van der Waals surface area contributed by atoms with Crippen molar-refractivity contribution in [3.8, 4) is 22.8 Å². The van der Waals surface area contributed by atoms with Crippen LogP contribution in [0.3, 0.4) is 0 Å². The summed E-state index contributed by atoms with van der Waals surface area (Å²) in [4.78, 5) is 30.8. The molecule has 0 aliphatic carbocycles. The lowest BCUT2D eigenvalue weighted by atomic mass is 10.1. The zero-order valence-electron chi connectivity index (χ0n) is 18.1. The second-order valence-electron chi connectivity index (χ2n) is 7.39. The van der Waals surface area contributed by atoms with Crippen molar-refractivity contribution >= 4 is 34.0 Å². The Morgan fingerprint density at radius 2 is 2.12 bits per heavy atom. The molecule has 1 aliphatic rings. The van der Waals surface area contributed by atoms with E-state index in [2.05, 4.69) is 17.2 Å². The smallest absolute Gasteiger partial charge is 0.265 e. The second kappa shape index (κ2) is 9.82. The molecule has 2 amide bonds. The number of aryl methyl sites for hydroxylation is 1. The summed E-state index contributed by atoms with van der Waals surface area (Å²) < 4.78 is 11.2. The lowest BCUT2D eigenvalue weighted by Gasteiger charge is -2.29. The SMILES string of the molecule is CCCN1C(=O)COc2ccc(-c3csc(NC(=O)COc4cccc(CC)c4)n3)cc21. The molecule has 1 N–H and O–H groups in total. The zero-order chi connectivity index (χ0) is 22.5. The number of hydrogen-bond acceptors (Lipinski definition) is 6. The Hall–Kier alpha value is -3.39. The third kappa shape index (κ3) is 4.91. The number of nitrogens with one attached hydrogen (secondary N) is 1. The van der Waals surface area contributed by atoms with Gasteiger partial charge in [0.25, 0.3) is 11.8 Å². The number of amides is 2. The van der Waals surface area contributed by atoms with Crippen LogP contribution < -0.4 is 19.7 Å². The Kier molecular flexibility index (Phi) is 6.70. The van der Waals surface area contributed by atoms with Gasteiger partial charge in [-0.15, -0.1) is 11.3 Å². The summed E-state index contributed by atoms with van der Waals surface area (Å²) in [5, 5.41) is 5.15. The number of aromatic nitrogens is 1. The van der Waals surface area contributed by atoms with Gasteiger partial charge in [0.2, 0.25) is 0 Å². The zero-order valence-corrected chi connectivity index (χ0v) is 18.9. The molecule has 32 heavy (non-hydrogen) atoms. The lowest BCUT2D eigenvalue weighted by molar-refractivity contribution is -0.121. The fourth-order valence-corrected chi connectivity index (χ4v) is 4.19. The minimum Gasteiger partial charge on any atom is -0.484 e. The number of thiazole rings is 1. The molecule has 8 heteroatoms. The van der Waals surface area contributed by atoms with E-state index in [1.807, 2.05) is 54.8 Å². The maximum Gasteiger partial charge on any atom is 0.265 e. The van der Waals surface area contributed by atoms with Crippen LogP contribution >= 0.6 is 11.3 Å². The first-order valence-corrected chi connectivity index (χ1v) is 11.5. The molecule has 0 radical (unpaired) electrons. The molecule has 166 valence electrons. The van der Waals surface area contributed by atoms with Gasteiger partial charge in [-0.3, -0.25) is 14.9 Å². The molecule has 3 aromatic rings. The molecule has 0 spiro atoms. The number of nitrogens with zero attached hydrogens (tertiary/aromatic N) is 2. The maximum atomic E-state index is 12.3. The molecule has 0 atom stereocenters. The quantitative estimate of drug-likeness (QED) is 0.544. The number of anilines is 2. The lowest BCUT2D eigenvalue weighted by Crippen LogP contribution is -2.39. The van der Waals surface area contributed by atoms with E-state index in [0.717, 1.165) is 35.3 Å². The van der Waals surface area contributed by atoms with Crippen molar-refractivity contribution in [1.82, 2.24) is 4.98 Å². The minimum atomic E-state index is -0.272. The number of benzene rings is 2. The van der Waals surface area contributed by atoms with Gasteiger partial charge in [-0.1, -0.05) is 26.0 Å². The van der Waals surface area contributed by atoms with Gasteiger partial charge >= 0.3 is 0 Å². The molecule has 0 fully saturated rings. The highest BCUT2D eigenvalue weighted by atomic mass is 32.1. The normalized spacial score (nSPS) is 12.8. The number of hydrogen-bond donors (Lipinski definition) is 1. The molecule has 0 saturated heterocycles. The van der Waals surface area contributed by atoms with E-state index in [-0.39, 0.29) is 25.0 Å². The fourth-order valence-electron chi connectivity index (χ4n) is 3.45. The van der Waals surface area contributed by atoms with Crippen molar-refractivity contribution in [2.45, 2.75) is 26.7 Å². The summed E-state index contributed by atoms with van der Waals surface area (Å²) in [7, 11) is 0. The van der Waals surface area contributed by atoms with Gasteiger partial charge in [-0.25, -0.2) is 4.98 Å². The summed E-state index contributed by atoms with van der Waals surface area (Å²) in [5.74, 6) is 1.04. The van der Waals surface area contributed by atoms with Crippen LogP contribution in [0.1, 0.15) is 25.8 Å². The van der Waals surface area contributed by atoms with Crippen LogP contribution in [0.4, 0.5) is 10.8 Å². The molecule has 1 aliphatic heterocycles. The predicted molar refractivity (Wildman–Crippen MR) is 126 cm³/mol. The van der Waals surface area contributed by atoms with Crippen molar-refractivity contribution in [2.24, 2.45) is 0 Å². The first kappa shape index (κ1) is 21.8. The Labute approximate surface area is 191 Å². The van der Waals surface area contributed by atoms with Crippen LogP contribution in [-0.4, -0.2) is 36.6 Å². The Bertz CT molecular complexity index is 1130. The molecule has 0 unspecified atom stereocenters. The highest BCUT2D eigenvalue weighted by molar-refractivity contribution is 7.14. The molecule has 0 bridgehead atoms. The first-order valence-electron chi connectivity index (χ1n) is 10.6.